The van der Waals surface area contributed by atoms with E-state index in [1.807, 2.05) is 13.2 Å². The van der Waals surface area contributed by atoms with Gasteiger partial charge in [0, 0.05) is 24.9 Å². The van der Waals surface area contributed by atoms with Gasteiger partial charge in [0.1, 0.15) is 0 Å². The number of fused-ring (bicyclic) bond motifs is 2. The summed E-state index contributed by atoms with van der Waals surface area (Å²) in [4.78, 5) is 12.1. The Morgan fingerprint density at radius 2 is 2.38 bits per heavy atom. The minimum atomic E-state index is -0.172. The highest BCUT2D eigenvalue weighted by Gasteiger charge is 2.46. The summed E-state index contributed by atoms with van der Waals surface area (Å²) in [6.45, 7) is 1.38. The first-order chi connectivity index (χ1) is 10.1. The van der Waals surface area contributed by atoms with Crippen LogP contribution in [0.5, 0.6) is 0 Å². The Kier molecular flexibility index (Phi) is 2.75. The Morgan fingerprint density at radius 1 is 1.48 bits per heavy atom. The van der Waals surface area contributed by atoms with E-state index in [2.05, 4.69) is 10.2 Å². The number of aryl methyl sites for hydroxylation is 1. The van der Waals surface area contributed by atoms with Crippen LogP contribution in [0.1, 0.15) is 19.3 Å². The number of hydrogen-bond acceptors (Lipinski definition) is 4. The lowest BCUT2D eigenvalue weighted by Crippen LogP contribution is -2.37. The van der Waals surface area contributed by atoms with E-state index in [1.54, 1.807) is 27.7 Å². The molecule has 1 aliphatic carbocycles. The van der Waals surface area contributed by atoms with Crippen LogP contribution in [0.4, 0.5) is 0 Å². The highest BCUT2D eigenvalue weighted by molar-refractivity contribution is 5.55. The van der Waals surface area contributed by atoms with Crippen LogP contribution in [0, 0.1) is 5.92 Å². The molecule has 1 saturated carbocycles. The molecule has 1 saturated heterocycles. The van der Waals surface area contributed by atoms with Crippen LogP contribution in [0.25, 0.3) is 11.3 Å². The molecule has 6 nitrogen and oxygen atoms in total. The van der Waals surface area contributed by atoms with Gasteiger partial charge in [-0.2, -0.15) is 10.2 Å². The molecule has 1 aliphatic heterocycles. The summed E-state index contributed by atoms with van der Waals surface area (Å²) in [6.07, 6.45) is 6.94. The van der Waals surface area contributed by atoms with E-state index in [0.717, 1.165) is 30.7 Å². The van der Waals surface area contributed by atoms with Crippen LogP contribution >= 0.6 is 0 Å². The fraction of sp³-hybridized carbons (Fsp3) is 0.533. The number of ether oxygens (including phenoxy) is 1. The van der Waals surface area contributed by atoms with Gasteiger partial charge in [0.05, 0.1) is 30.6 Å². The van der Waals surface area contributed by atoms with E-state index >= 15 is 0 Å². The fourth-order valence-corrected chi connectivity index (χ4v) is 3.50. The van der Waals surface area contributed by atoms with Gasteiger partial charge < -0.3 is 4.74 Å². The van der Waals surface area contributed by atoms with E-state index in [-0.39, 0.29) is 11.2 Å². The predicted octanol–water partition coefficient (Wildman–Crippen LogP) is 1.21. The van der Waals surface area contributed by atoms with Crippen molar-refractivity contribution in [2.75, 3.05) is 6.61 Å². The van der Waals surface area contributed by atoms with Gasteiger partial charge in [-0.1, -0.05) is 0 Å². The van der Waals surface area contributed by atoms with E-state index in [4.69, 9.17) is 4.74 Å². The van der Waals surface area contributed by atoms with Crippen molar-refractivity contribution in [2.24, 2.45) is 13.0 Å². The maximum absolute atomic E-state index is 12.1. The first-order valence-electron chi connectivity index (χ1n) is 7.35. The average molecular weight is 286 g/mol. The standard InChI is InChI=1S/C15H18N4O2/c1-18-8-12(7-16-18)13-2-3-14(20)19(17-13)10-15-5-4-11(6-15)9-21-15/h2-3,7-8,11H,4-6,9-10H2,1H3. The predicted molar refractivity (Wildman–Crippen MR) is 76.7 cm³/mol. The quantitative estimate of drug-likeness (QED) is 0.851. The summed E-state index contributed by atoms with van der Waals surface area (Å²) >= 11 is 0. The van der Waals surface area contributed by atoms with Crippen molar-refractivity contribution in [3.8, 4) is 11.3 Å². The Bertz CT molecular complexity index is 725. The minimum absolute atomic E-state index is 0.0732. The van der Waals surface area contributed by atoms with Gasteiger partial charge >= 0.3 is 0 Å². The zero-order valence-corrected chi connectivity index (χ0v) is 12.0. The second-order valence-corrected chi connectivity index (χ2v) is 6.22. The smallest absolute Gasteiger partial charge is 0.266 e. The van der Waals surface area contributed by atoms with E-state index in [0.29, 0.717) is 12.5 Å². The fourth-order valence-electron chi connectivity index (χ4n) is 3.50. The Hall–Kier alpha value is -1.95. The zero-order valence-electron chi connectivity index (χ0n) is 12.0. The van der Waals surface area contributed by atoms with Crippen molar-refractivity contribution in [1.29, 1.82) is 0 Å². The van der Waals surface area contributed by atoms with Gasteiger partial charge in [-0.25, -0.2) is 4.68 Å². The highest BCUT2D eigenvalue weighted by Crippen LogP contribution is 2.44. The lowest BCUT2D eigenvalue weighted by atomic mass is 10.0. The molecule has 0 amide bonds. The van der Waals surface area contributed by atoms with Gasteiger partial charge in [-0.3, -0.25) is 9.48 Å². The van der Waals surface area contributed by atoms with Crippen LogP contribution in [-0.4, -0.2) is 31.8 Å². The summed E-state index contributed by atoms with van der Waals surface area (Å²) in [5.74, 6) is 0.669. The molecule has 2 aromatic heterocycles. The topological polar surface area (TPSA) is 61.9 Å². The molecule has 0 N–H and O–H groups in total. The summed E-state index contributed by atoms with van der Waals surface area (Å²) < 4.78 is 9.21. The molecule has 2 unspecified atom stereocenters. The SMILES string of the molecule is Cn1cc(-c2ccc(=O)n(CC34CCC(CO3)C4)n2)cn1. The Balaban J connectivity index is 1.67. The molecule has 2 aromatic rings. The molecule has 2 fully saturated rings. The monoisotopic (exact) mass is 286 g/mol. The van der Waals surface area contributed by atoms with Crippen molar-refractivity contribution < 1.29 is 4.74 Å². The van der Waals surface area contributed by atoms with E-state index in [9.17, 15) is 4.79 Å². The molecule has 3 heterocycles. The normalized spacial score (nSPS) is 27.4. The van der Waals surface area contributed by atoms with Crippen molar-refractivity contribution in [2.45, 2.75) is 31.4 Å². The molecule has 21 heavy (non-hydrogen) atoms. The third-order valence-electron chi connectivity index (χ3n) is 4.60. The molecule has 2 aliphatic rings. The van der Waals surface area contributed by atoms with Crippen LogP contribution in [0.2, 0.25) is 0 Å². The maximum atomic E-state index is 12.1. The summed E-state index contributed by atoms with van der Waals surface area (Å²) in [5, 5.41) is 8.65. The molecule has 110 valence electrons. The molecule has 6 heteroatoms. The molecule has 2 atom stereocenters. The van der Waals surface area contributed by atoms with Gasteiger partial charge in [-0.15, -0.1) is 0 Å². The second kappa shape index (κ2) is 4.53. The van der Waals surface area contributed by atoms with Crippen molar-refractivity contribution in [3.05, 3.63) is 34.9 Å². The third kappa shape index (κ3) is 2.19. The number of nitrogens with zero attached hydrogens (tertiary/aromatic N) is 4. The summed E-state index contributed by atoms with van der Waals surface area (Å²) in [6, 6.07) is 3.33. The van der Waals surface area contributed by atoms with E-state index < -0.39 is 0 Å². The minimum Gasteiger partial charge on any atom is -0.373 e. The first kappa shape index (κ1) is 12.8. The summed E-state index contributed by atoms with van der Waals surface area (Å²) in [7, 11) is 1.86. The van der Waals surface area contributed by atoms with Gasteiger partial charge in [0.2, 0.25) is 0 Å². The highest BCUT2D eigenvalue weighted by atomic mass is 16.5. The molecule has 2 bridgehead atoms. The number of hydrogen-bond donors (Lipinski definition) is 0. The zero-order chi connectivity index (χ0) is 14.4. The van der Waals surface area contributed by atoms with Crippen LogP contribution < -0.4 is 5.56 Å². The lowest BCUT2D eigenvalue weighted by molar-refractivity contribution is -0.0317. The van der Waals surface area contributed by atoms with E-state index in [1.165, 1.54) is 6.42 Å². The molecular formula is C15H18N4O2. The number of aromatic nitrogens is 4. The molecule has 4 rings (SSSR count). The largest absolute Gasteiger partial charge is 0.373 e. The average Bonchev–Trinajstić information content (AvgIpc) is 3.17. The second-order valence-electron chi connectivity index (χ2n) is 6.22. The van der Waals surface area contributed by atoms with Gasteiger partial charge in [-0.05, 0) is 31.2 Å². The molecule has 0 aromatic carbocycles. The Labute approximate surface area is 122 Å². The maximum Gasteiger partial charge on any atom is 0.266 e. The third-order valence-corrected chi connectivity index (χ3v) is 4.60. The van der Waals surface area contributed by atoms with Gasteiger partial charge in [0.25, 0.3) is 5.56 Å². The van der Waals surface area contributed by atoms with Crippen LogP contribution in [0.15, 0.2) is 29.3 Å². The van der Waals surface area contributed by atoms with Crippen molar-refractivity contribution >= 4 is 0 Å². The lowest BCUT2D eigenvalue weighted by Gasteiger charge is -2.26. The number of rotatable bonds is 3. The van der Waals surface area contributed by atoms with Crippen LogP contribution in [-0.2, 0) is 18.3 Å². The molecule has 0 spiro atoms. The van der Waals surface area contributed by atoms with Crippen molar-refractivity contribution in [1.82, 2.24) is 19.6 Å². The van der Waals surface area contributed by atoms with Crippen LogP contribution in [0.3, 0.4) is 0 Å². The summed E-state index contributed by atoms with van der Waals surface area (Å²) in [5.41, 5.74) is 1.44. The van der Waals surface area contributed by atoms with Crippen molar-refractivity contribution in [3.63, 3.8) is 0 Å². The van der Waals surface area contributed by atoms with Gasteiger partial charge in [0.15, 0.2) is 0 Å². The molecular weight excluding hydrogens is 268 g/mol. The molecule has 0 radical (unpaired) electrons. The Morgan fingerprint density at radius 3 is 3.00 bits per heavy atom. The first-order valence-corrected chi connectivity index (χ1v) is 7.35.